The third kappa shape index (κ3) is 5.50. The van der Waals surface area contributed by atoms with Gasteiger partial charge in [-0.05, 0) is 55.3 Å². The van der Waals surface area contributed by atoms with Crippen LogP contribution in [0.15, 0.2) is 23.6 Å². The minimum Gasteiger partial charge on any atom is -0.294 e. The number of rotatable bonds is 5. The Morgan fingerprint density at radius 3 is 2.18 bits per heavy atom. The van der Waals surface area contributed by atoms with Gasteiger partial charge >= 0.3 is 0 Å². The molecule has 0 saturated heterocycles. The van der Waals surface area contributed by atoms with E-state index in [4.69, 9.17) is 0 Å². The lowest BCUT2D eigenvalue weighted by Gasteiger charge is -2.02. The van der Waals surface area contributed by atoms with Crippen molar-refractivity contribution in [3.05, 3.63) is 43.8 Å². The number of carbonyl (C=O) groups is 2. The molecule has 22 heavy (non-hydrogen) atoms. The summed E-state index contributed by atoms with van der Waals surface area (Å²) >= 11 is 3.15. The van der Waals surface area contributed by atoms with Crippen molar-refractivity contribution in [3.8, 4) is 0 Å². The van der Waals surface area contributed by atoms with Crippen LogP contribution in [0.5, 0.6) is 0 Å². The molecule has 120 valence electrons. The zero-order valence-corrected chi connectivity index (χ0v) is 15.6. The van der Waals surface area contributed by atoms with Crippen LogP contribution in [0.25, 0.3) is 0 Å². The minimum absolute atomic E-state index is 0.178. The highest BCUT2D eigenvalue weighted by molar-refractivity contribution is 7.14. The Hall–Kier alpha value is -1.26. The average molecular weight is 337 g/mol. The molecule has 0 aliphatic carbocycles. The normalized spacial score (nSPS) is 10.3. The van der Waals surface area contributed by atoms with Gasteiger partial charge < -0.3 is 0 Å². The Bertz CT molecular complexity index is 621. The summed E-state index contributed by atoms with van der Waals surface area (Å²) in [5.74, 6) is 0.821. The molecule has 2 nitrogen and oxygen atoms in total. The van der Waals surface area contributed by atoms with Gasteiger partial charge in [0.2, 0.25) is 0 Å². The first-order chi connectivity index (χ1) is 10.4. The van der Waals surface area contributed by atoms with Gasteiger partial charge in [-0.3, -0.25) is 9.59 Å². The predicted molar refractivity (Wildman–Crippen MR) is 96.7 cm³/mol. The van der Waals surface area contributed by atoms with Gasteiger partial charge in [0.1, 0.15) is 0 Å². The Morgan fingerprint density at radius 1 is 1.09 bits per heavy atom. The van der Waals surface area contributed by atoms with Crippen LogP contribution in [0, 0.1) is 0 Å². The first-order valence-corrected chi connectivity index (χ1v) is 9.24. The molecule has 0 fully saturated rings. The molecular weight excluding hydrogens is 312 g/mol. The molecular formula is C18H24O2S2. The standard InChI is InChI=1S/2C9H12OS/c1-6(2)8-4-5-11-9(8)7(3)10;1-3-4-8-5-6-9(11-8)7(2)10/h4-6H,1-3H3;5-6H,3-4H2,1-2H3. The van der Waals surface area contributed by atoms with Gasteiger partial charge in [-0.15, -0.1) is 22.7 Å². The van der Waals surface area contributed by atoms with E-state index in [0.717, 1.165) is 22.6 Å². The van der Waals surface area contributed by atoms with Crippen LogP contribution >= 0.6 is 22.7 Å². The largest absolute Gasteiger partial charge is 0.294 e. The summed E-state index contributed by atoms with van der Waals surface area (Å²) in [6.07, 6.45) is 2.25. The van der Waals surface area contributed by atoms with Crippen molar-refractivity contribution < 1.29 is 9.59 Å². The van der Waals surface area contributed by atoms with Crippen LogP contribution in [-0.4, -0.2) is 11.6 Å². The van der Waals surface area contributed by atoms with Gasteiger partial charge in [0.25, 0.3) is 0 Å². The van der Waals surface area contributed by atoms with E-state index in [2.05, 4.69) is 20.8 Å². The van der Waals surface area contributed by atoms with E-state index in [1.807, 2.05) is 23.6 Å². The van der Waals surface area contributed by atoms with E-state index in [0.29, 0.717) is 5.92 Å². The van der Waals surface area contributed by atoms with Crippen LogP contribution in [-0.2, 0) is 6.42 Å². The second-order valence-corrected chi connectivity index (χ2v) is 7.57. The van der Waals surface area contributed by atoms with Crippen LogP contribution in [0.4, 0.5) is 0 Å². The van der Waals surface area contributed by atoms with E-state index >= 15 is 0 Å². The molecule has 0 saturated carbocycles. The van der Waals surface area contributed by atoms with Crippen LogP contribution in [0.2, 0.25) is 0 Å². The summed E-state index contributed by atoms with van der Waals surface area (Å²) in [6.45, 7) is 9.59. The molecule has 0 aliphatic rings. The van der Waals surface area contributed by atoms with Crippen molar-refractivity contribution in [2.75, 3.05) is 0 Å². The van der Waals surface area contributed by atoms with Gasteiger partial charge in [0.05, 0.1) is 9.75 Å². The second kappa shape index (κ2) is 9.01. The molecule has 0 aromatic carbocycles. The van der Waals surface area contributed by atoms with E-state index < -0.39 is 0 Å². The predicted octanol–water partition coefficient (Wildman–Crippen LogP) is 5.98. The maximum absolute atomic E-state index is 11.0. The fourth-order valence-electron chi connectivity index (χ4n) is 2.01. The summed E-state index contributed by atoms with van der Waals surface area (Å²) in [7, 11) is 0. The number of Topliss-reactive ketones (excluding diaryl/α,β-unsaturated/α-hetero) is 2. The Kier molecular flexibility index (Phi) is 7.69. The summed E-state index contributed by atoms with van der Waals surface area (Å²) in [6, 6.07) is 6.00. The molecule has 0 atom stereocenters. The van der Waals surface area contributed by atoms with Gasteiger partial charge in [0.15, 0.2) is 11.6 Å². The highest BCUT2D eigenvalue weighted by Crippen LogP contribution is 2.24. The molecule has 2 aromatic heterocycles. The SMILES string of the molecule is CC(=O)c1sccc1C(C)C.CCCc1ccc(C(C)=O)s1. The Balaban J connectivity index is 0.000000220. The topological polar surface area (TPSA) is 34.1 Å². The summed E-state index contributed by atoms with van der Waals surface area (Å²) in [4.78, 5) is 25.0. The molecule has 2 heterocycles. The number of aryl methyl sites for hydroxylation is 1. The van der Waals surface area contributed by atoms with E-state index in [1.165, 1.54) is 21.8 Å². The Labute approximate surface area is 141 Å². The number of hydrogen-bond donors (Lipinski definition) is 0. The second-order valence-electron chi connectivity index (χ2n) is 5.49. The van der Waals surface area contributed by atoms with E-state index in [9.17, 15) is 9.59 Å². The lowest BCUT2D eigenvalue weighted by Crippen LogP contribution is -1.95. The molecule has 0 aliphatic heterocycles. The average Bonchev–Trinajstić information content (AvgIpc) is 3.08. The third-order valence-corrected chi connectivity index (χ3v) is 5.42. The Morgan fingerprint density at radius 2 is 1.77 bits per heavy atom. The lowest BCUT2D eigenvalue weighted by molar-refractivity contribution is 0.101. The van der Waals surface area contributed by atoms with Gasteiger partial charge in [0, 0.05) is 4.88 Å². The summed E-state index contributed by atoms with van der Waals surface area (Å²) in [5.41, 5.74) is 1.18. The highest BCUT2D eigenvalue weighted by atomic mass is 32.1. The van der Waals surface area contributed by atoms with Crippen LogP contribution < -0.4 is 0 Å². The number of ketones is 2. The maximum atomic E-state index is 11.0. The van der Waals surface area contributed by atoms with Crippen molar-refractivity contribution in [1.29, 1.82) is 0 Å². The minimum atomic E-state index is 0.178. The molecule has 0 radical (unpaired) electrons. The van der Waals surface area contributed by atoms with Crippen molar-refractivity contribution in [2.45, 2.75) is 53.4 Å². The maximum Gasteiger partial charge on any atom is 0.169 e. The molecule has 4 heteroatoms. The monoisotopic (exact) mass is 336 g/mol. The third-order valence-electron chi connectivity index (χ3n) is 3.14. The number of carbonyl (C=O) groups excluding carboxylic acids is 2. The van der Waals surface area contributed by atoms with Crippen LogP contribution in [0.1, 0.15) is 76.7 Å². The molecule has 0 unspecified atom stereocenters. The molecule has 2 aromatic rings. The van der Waals surface area contributed by atoms with Crippen molar-refractivity contribution in [2.24, 2.45) is 0 Å². The number of hydrogen-bond acceptors (Lipinski definition) is 4. The first kappa shape index (κ1) is 18.8. The van der Waals surface area contributed by atoms with Gasteiger partial charge in [-0.2, -0.15) is 0 Å². The van der Waals surface area contributed by atoms with Crippen molar-refractivity contribution >= 4 is 34.2 Å². The van der Waals surface area contributed by atoms with E-state index in [-0.39, 0.29) is 11.6 Å². The fraction of sp³-hybridized carbons (Fsp3) is 0.444. The lowest BCUT2D eigenvalue weighted by atomic mass is 10.0. The van der Waals surface area contributed by atoms with Crippen LogP contribution in [0.3, 0.4) is 0 Å². The fourth-order valence-corrected chi connectivity index (χ4v) is 3.97. The molecule has 0 bridgehead atoms. The van der Waals surface area contributed by atoms with Crippen molar-refractivity contribution in [3.63, 3.8) is 0 Å². The summed E-state index contributed by atoms with van der Waals surface area (Å²) in [5, 5.41) is 1.98. The summed E-state index contributed by atoms with van der Waals surface area (Å²) < 4.78 is 0. The van der Waals surface area contributed by atoms with E-state index in [1.54, 1.807) is 25.2 Å². The number of thiophene rings is 2. The molecule has 0 spiro atoms. The highest BCUT2D eigenvalue weighted by Gasteiger charge is 2.10. The van der Waals surface area contributed by atoms with Gasteiger partial charge in [-0.25, -0.2) is 0 Å². The zero-order chi connectivity index (χ0) is 16.7. The molecule has 0 amide bonds. The van der Waals surface area contributed by atoms with Crippen molar-refractivity contribution in [1.82, 2.24) is 0 Å². The zero-order valence-electron chi connectivity index (χ0n) is 13.9. The quantitative estimate of drug-likeness (QED) is 0.630. The first-order valence-electron chi connectivity index (χ1n) is 7.54. The van der Waals surface area contributed by atoms with Gasteiger partial charge in [-0.1, -0.05) is 27.2 Å². The molecule has 2 rings (SSSR count). The smallest absolute Gasteiger partial charge is 0.169 e. The molecule has 0 N–H and O–H groups in total.